The van der Waals surface area contributed by atoms with Gasteiger partial charge in [0.1, 0.15) is 17.3 Å². The molecule has 6 nitrogen and oxygen atoms in total. The SMILES string of the molecule is CN(C)C(=O)Oc1cc(OCCc2ccccc2)c2c(C#N)c3ccccc3n2c1. The lowest BCUT2D eigenvalue weighted by Crippen LogP contribution is -2.25. The molecule has 0 aliphatic rings. The van der Waals surface area contributed by atoms with Gasteiger partial charge < -0.3 is 18.8 Å². The Hall–Kier alpha value is -3.98. The summed E-state index contributed by atoms with van der Waals surface area (Å²) in [5.74, 6) is 0.851. The summed E-state index contributed by atoms with van der Waals surface area (Å²) in [6.45, 7) is 0.428. The van der Waals surface area contributed by atoms with Gasteiger partial charge in [-0.25, -0.2) is 4.79 Å². The number of rotatable bonds is 5. The molecule has 0 atom stereocenters. The van der Waals surface area contributed by atoms with Crippen LogP contribution < -0.4 is 9.47 Å². The van der Waals surface area contributed by atoms with Crippen LogP contribution in [0.5, 0.6) is 11.5 Å². The molecule has 0 N–H and O–H groups in total. The smallest absolute Gasteiger partial charge is 0.414 e. The zero-order valence-corrected chi connectivity index (χ0v) is 16.8. The Kier molecular flexibility index (Phi) is 5.27. The third-order valence-electron chi connectivity index (χ3n) is 4.85. The van der Waals surface area contributed by atoms with Gasteiger partial charge in [-0.15, -0.1) is 0 Å². The maximum atomic E-state index is 12.1. The Morgan fingerprint density at radius 2 is 1.83 bits per heavy atom. The van der Waals surface area contributed by atoms with E-state index in [-0.39, 0.29) is 0 Å². The first-order chi connectivity index (χ1) is 14.6. The summed E-state index contributed by atoms with van der Waals surface area (Å²) in [5, 5.41) is 10.7. The molecular weight excluding hydrogens is 378 g/mol. The van der Waals surface area contributed by atoms with Crippen LogP contribution in [-0.4, -0.2) is 36.1 Å². The van der Waals surface area contributed by atoms with Crippen LogP contribution in [0.15, 0.2) is 66.9 Å². The minimum absolute atomic E-state index is 0.348. The van der Waals surface area contributed by atoms with E-state index in [4.69, 9.17) is 9.47 Å². The molecule has 150 valence electrons. The summed E-state index contributed by atoms with van der Waals surface area (Å²) < 4.78 is 13.4. The molecular formula is C24H21N3O3. The molecule has 2 aromatic heterocycles. The second kappa shape index (κ2) is 8.18. The Morgan fingerprint density at radius 1 is 1.10 bits per heavy atom. The molecule has 0 unspecified atom stereocenters. The molecule has 0 fully saturated rings. The lowest BCUT2D eigenvalue weighted by atomic mass is 10.1. The van der Waals surface area contributed by atoms with E-state index in [1.807, 2.05) is 59.0 Å². The summed E-state index contributed by atoms with van der Waals surface area (Å²) in [6.07, 6.45) is 1.95. The molecule has 0 bridgehead atoms. The summed E-state index contributed by atoms with van der Waals surface area (Å²) >= 11 is 0. The number of hydrogen-bond acceptors (Lipinski definition) is 4. The Balaban J connectivity index is 1.79. The fraction of sp³-hybridized carbons (Fsp3) is 0.167. The van der Waals surface area contributed by atoms with Crippen molar-refractivity contribution in [2.24, 2.45) is 0 Å². The molecule has 0 saturated carbocycles. The van der Waals surface area contributed by atoms with Crippen LogP contribution in [0.2, 0.25) is 0 Å². The molecule has 0 aliphatic carbocycles. The molecule has 4 aromatic rings. The largest absolute Gasteiger partial charge is 0.491 e. The zero-order valence-electron chi connectivity index (χ0n) is 16.8. The van der Waals surface area contributed by atoms with Crippen molar-refractivity contribution in [1.82, 2.24) is 9.30 Å². The molecule has 2 heterocycles. The van der Waals surface area contributed by atoms with Gasteiger partial charge in [-0.2, -0.15) is 5.26 Å². The third-order valence-corrected chi connectivity index (χ3v) is 4.85. The van der Waals surface area contributed by atoms with Gasteiger partial charge in [0.05, 0.1) is 23.9 Å². The number of para-hydroxylation sites is 1. The van der Waals surface area contributed by atoms with Gasteiger partial charge in [-0.1, -0.05) is 48.5 Å². The van der Waals surface area contributed by atoms with E-state index in [1.165, 1.54) is 4.90 Å². The molecule has 30 heavy (non-hydrogen) atoms. The zero-order chi connectivity index (χ0) is 21.1. The number of fused-ring (bicyclic) bond motifs is 3. The van der Waals surface area contributed by atoms with E-state index in [1.54, 1.807) is 26.4 Å². The number of ether oxygens (including phenoxy) is 2. The lowest BCUT2D eigenvalue weighted by molar-refractivity contribution is 0.171. The third kappa shape index (κ3) is 3.65. The topological polar surface area (TPSA) is 67.0 Å². The maximum Gasteiger partial charge on any atom is 0.414 e. The molecule has 1 amide bonds. The van der Waals surface area contributed by atoms with E-state index in [0.29, 0.717) is 29.2 Å². The lowest BCUT2D eigenvalue weighted by Gasteiger charge is -2.14. The van der Waals surface area contributed by atoms with E-state index in [9.17, 15) is 10.1 Å². The maximum absolute atomic E-state index is 12.1. The molecule has 2 aromatic carbocycles. The van der Waals surface area contributed by atoms with Gasteiger partial charge in [0.25, 0.3) is 0 Å². The first-order valence-corrected chi connectivity index (χ1v) is 9.61. The highest BCUT2D eigenvalue weighted by Crippen LogP contribution is 2.35. The number of carbonyl (C=O) groups excluding carboxylic acids is 1. The number of nitrogens with zero attached hydrogens (tertiary/aromatic N) is 3. The van der Waals surface area contributed by atoms with Gasteiger partial charge in [-0.3, -0.25) is 0 Å². The predicted molar refractivity (Wildman–Crippen MR) is 115 cm³/mol. The molecule has 0 spiro atoms. The number of pyridine rings is 1. The summed E-state index contributed by atoms with van der Waals surface area (Å²) in [6, 6.07) is 21.6. The number of carbonyl (C=O) groups is 1. The number of aromatic nitrogens is 1. The van der Waals surface area contributed by atoms with Crippen LogP contribution >= 0.6 is 0 Å². The number of hydrogen-bond donors (Lipinski definition) is 0. The number of nitriles is 1. The average molecular weight is 399 g/mol. The molecule has 0 aliphatic heterocycles. The number of amides is 1. The van der Waals surface area contributed by atoms with Gasteiger partial charge in [0.15, 0.2) is 5.75 Å². The Bertz CT molecular complexity index is 1250. The molecule has 6 heteroatoms. The minimum Gasteiger partial charge on any atom is -0.491 e. The van der Waals surface area contributed by atoms with E-state index >= 15 is 0 Å². The van der Waals surface area contributed by atoms with Gasteiger partial charge >= 0.3 is 6.09 Å². The van der Waals surface area contributed by atoms with Gasteiger partial charge in [0.2, 0.25) is 0 Å². The Morgan fingerprint density at radius 3 is 2.57 bits per heavy atom. The highest BCUT2D eigenvalue weighted by atomic mass is 16.6. The fourth-order valence-electron chi connectivity index (χ4n) is 3.40. The van der Waals surface area contributed by atoms with Gasteiger partial charge in [-0.05, 0) is 11.6 Å². The van der Waals surface area contributed by atoms with E-state index < -0.39 is 6.09 Å². The fourth-order valence-corrected chi connectivity index (χ4v) is 3.40. The summed E-state index contributed by atoms with van der Waals surface area (Å²) in [7, 11) is 3.24. The Labute approximate surface area is 174 Å². The summed E-state index contributed by atoms with van der Waals surface area (Å²) in [4.78, 5) is 13.4. The van der Waals surface area contributed by atoms with Crippen molar-refractivity contribution in [2.45, 2.75) is 6.42 Å². The first-order valence-electron chi connectivity index (χ1n) is 9.61. The van der Waals surface area contributed by atoms with Crippen molar-refractivity contribution in [3.8, 4) is 17.6 Å². The molecule has 4 rings (SSSR count). The second-order valence-corrected chi connectivity index (χ2v) is 7.11. The highest BCUT2D eigenvalue weighted by molar-refractivity contribution is 5.97. The highest BCUT2D eigenvalue weighted by Gasteiger charge is 2.19. The van der Waals surface area contributed by atoms with Crippen LogP contribution in [-0.2, 0) is 6.42 Å². The number of benzene rings is 2. The van der Waals surface area contributed by atoms with E-state index in [2.05, 4.69) is 6.07 Å². The molecule has 0 saturated heterocycles. The second-order valence-electron chi connectivity index (χ2n) is 7.11. The van der Waals surface area contributed by atoms with E-state index in [0.717, 1.165) is 22.9 Å². The first kappa shape index (κ1) is 19.3. The van der Waals surface area contributed by atoms with Crippen LogP contribution in [0.4, 0.5) is 4.79 Å². The monoisotopic (exact) mass is 399 g/mol. The van der Waals surface area contributed by atoms with Crippen molar-refractivity contribution >= 4 is 22.5 Å². The van der Waals surface area contributed by atoms with Crippen LogP contribution in [0, 0.1) is 11.3 Å². The predicted octanol–water partition coefficient (Wildman–Crippen LogP) is 4.65. The van der Waals surface area contributed by atoms with Gasteiger partial charge in [0, 0.05) is 32.0 Å². The molecule has 0 radical (unpaired) electrons. The van der Waals surface area contributed by atoms with Crippen LogP contribution in [0.25, 0.3) is 16.4 Å². The van der Waals surface area contributed by atoms with Crippen LogP contribution in [0.1, 0.15) is 11.1 Å². The van der Waals surface area contributed by atoms with Crippen molar-refractivity contribution in [1.29, 1.82) is 5.26 Å². The van der Waals surface area contributed by atoms with Crippen molar-refractivity contribution in [2.75, 3.05) is 20.7 Å². The van der Waals surface area contributed by atoms with Crippen molar-refractivity contribution in [3.05, 3.63) is 78.0 Å². The van der Waals surface area contributed by atoms with Crippen molar-refractivity contribution in [3.63, 3.8) is 0 Å². The van der Waals surface area contributed by atoms with Crippen LogP contribution in [0.3, 0.4) is 0 Å². The quantitative estimate of drug-likeness (QED) is 0.490. The minimum atomic E-state index is -0.485. The normalized spacial score (nSPS) is 10.7. The average Bonchev–Trinajstić information content (AvgIpc) is 3.08. The summed E-state index contributed by atoms with van der Waals surface area (Å²) in [5.41, 5.74) is 3.20. The van der Waals surface area contributed by atoms with Crippen molar-refractivity contribution < 1.29 is 14.3 Å². The standard InChI is InChI=1S/C24H21N3O3/c1-26(2)24(28)30-18-14-22(29-13-12-17-8-4-3-5-9-17)23-20(15-25)19-10-6-7-11-21(19)27(23)16-18/h3-11,14,16H,12-13H2,1-2H3.